The van der Waals surface area contributed by atoms with Crippen molar-refractivity contribution in [2.45, 2.75) is 38.3 Å². The molecule has 1 amide bonds. The Bertz CT molecular complexity index is 226. The van der Waals surface area contributed by atoms with E-state index in [0.29, 0.717) is 24.4 Å². The van der Waals surface area contributed by atoms with Gasteiger partial charge in [-0.15, -0.1) is 0 Å². The number of piperazine rings is 1. The molecule has 2 atom stereocenters. The summed E-state index contributed by atoms with van der Waals surface area (Å²) < 4.78 is 0. The topological polar surface area (TPSA) is 44.4 Å². The summed E-state index contributed by atoms with van der Waals surface area (Å²) >= 11 is 0. The quantitative estimate of drug-likeness (QED) is 0.673. The number of nitrogens with zero attached hydrogens (tertiary/aromatic N) is 1. The van der Waals surface area contributed by atoms with Gasteiger partial charge in [0, 0.05) is 38.1 Å². The number of amides is 1. The lowest BCUT2D eigenvalue weighted by atomic mass is 10.1. The van der Waals surface area contributed by atoms with Gasteiger partial charge in [-0.1, -0.05) is 0 Å². The van der Waals surface area contributed by atoms with Crippen LogP contribution in [0.5, 0.6) is 0 Å². The highest BCUT2D eigenvalue weighted by Crippen LogP contribution is 2.12. The first-order valence-electron chi connectivity index (χ1n) is 6.01. The molecule has 86 valence electrons. The third kappa shape index (κ3) is 2.69. The molecule has 2 aliphatic heterocycles. The first-order valence-corrected chi connectivity index (χ1v) is 6.01. The average Bonchev–Trinajstić information content (AvgIpc) is 2.71. The molecule has 2 rings (SSSR count). The van der Waals surface area contributed by atoms with Crippen LogP contribution in [0, 0.1) is 0 Å². The zero-order chi connectivity index (χ0) is 10.7. The van der Waals surface area contributed by atoms with Crippen molar-refractivity contribution in [1.82, 2.24) is 15.5 Å². The molecule has 4 heteroatoms. The van der Waals surface area contributed by atoms with Crippen molar-refractivity contribution in [1.29, 1.82) is 0 Å². The lowest BCUT2D eigenvalue weighted by molar-refractivity contribution is -0.134. The lowest BCUT2D eigenvalue weighted by Gasteiger charge is -2.34. The highest BCUT2D eigenvalue weighted by Gasteiger charge is 2.26. The normalized spacial score (nSPS) is 31.9. The number of carbonyl (C=O) groups is 1. The van der Waals surface area contributed by atoms with Crippen LogP contribution in [0.2, 0.25) is 0 Å². The van der Waals surface area contributed by atoms with Crippen molar-refractivity contribution in [2.24, 2.45) is 0 Å². The van der Waals surface area contributed by atoms with Crippen molar-refractivity contribution < 1.29 is 4.79 Å². The number of carbonyl (C=O) groups excluding carboxylic acids is 1. The highest BCUT2D eigenvalue weighted by molar-refractivity contribution is 5.77. The summed E-state index contributed by atoms with van der Waals surface area (Å²) in [5, 5.41) is 6.68. The van der Waals surface area contributed by atoms with Gasteiger partial charge in [-0.25, -0.2) is 0 Å². The fraction of sp³-hybridized carbons (Fsp3) is 0.909. The van der Waals surface area contributed by atoms with Gasteiger partial charge in [0.15, 0.2) is 0 Å². The predicted molar refractivity (Wildman–Crippen MR) is 59.7 cm³/mol. The Morgan fingerprint density at radius 2 is 2.33 bits per heavy atom. The van der Waals surface area contributed by atoms with E-state index in [1.54, 1.807) is 0 Å². The third-order valence-electron chi connectivity index (χ3n) is 3.41. The number of rotatable bonds is 2. The molecule has 2 heterocycles. The van der Waals surface area contributed by atoms with Gasteiger partial charge in [0.2, 0.25) is 5.91 Å². The molecule has 2 fully saturated rings. The first kappa shape index (κ1) is 10.9. The number of hydrogen-bond acceptors (Lipinski definition) is 3. The summed E-state index contributed by atoms with van der Waals surface area (Å²) in [5.41, 5.74) is 0. The van der Waals surface area contributed by atoms with Gasteiger partial charge in [-0.05, 0) is 26.3 Å². The average molecular weight is 211 g/mol. The SMILES string of the molecule is C[C@@H]1CNCCN1C(=O)CC1CCCN1. The summed E-state index contributed by atoms with van der Waals surface area (Å²) in [6.45, 7) is 5.94. The van der Waals surface area contributed by atoms with Gasteiger partial charge in [0.25, 0.3) is 0 Å². The van der Waals surface area contributed by atoms with E-state index in [1.165, 1.54) is 6.42 Å². The van der Waals surface area contributed by atoms with E-state index in [-0.39, 0.29) is 0 Å². The van der Waals surface area contributed by atoms with E-state index < -0.39 is 0 Å². The van der Waals surface area contributed by atoms with Gasteiger partial charge in [-0.3, -0.25) is 4.79 Å². The van der Waals surface area contributed by atoms with Crippen LogP contribution >= 0.6 is 0 Å². The van der Waals surface area contributed by atoms with Gasteiger partial charge in [0.05, 0.1) is 0 Å². The molecular weight excluding hydrogens is 190 g/mol. The fourth-order valence-corrected chi connectivity index (χ4v) is 2.47. The Balaban J connectivity index is 1.83. The first-order chi connectivity index (χ1) is 7.27. The van der Waals surface area contributed by atoms with Crippen LogP contribution in [0.1, 0.15) is 26.2 Å². The summed E-state index contributed by atoms with van der Waals surface area (Å²) in [5.74, 6) is 0.323. The molecule has 0 aromatic rings. The molecule has 0 aromatic carbocycles. The molecule has 2 N–H and O–H groups in total. The van der Waals surface area contributed by atoms with Crippen molar-refractivity contribution in [2.75, 3.05) is 26.2 Å². The second-order valence-electron chi connectivity index (χ2n) is 4.64. The summed E-state index contributed by atoms with van der Waals surface area (Å²) in [7, 11) is 0. The minimum Gasteiger partial charge on any atom is -0.337 e. The molecular formula is C11H21N3O. The Morgan fingerprint density at radius 3 is 3.00 bits per heavy atom. The second kappa shape index (κ2) is 4.94. The van der Waals surface area contributed by atoms with Gasteiger partial charge >= 0.3 is 0 Å². The Hall–Kier alpha value is -0.610. The van der Waals surface area contributed by atoms with Crippen LogP contribution in [-0.4, -0.2) is 49.1 Å². The van der Waals surface area contributed by atoms with Gasteiger partial charge < -0.3 is 15.5 Å². The van der Waals surface area contributed by atoms with Gasteiger partial charge in [0.1, 0.15) is 0 Å². The standard InChI is InChI=1S/C11H21N3O/c1-9-8-12-5-6-14(9)11(15)7-10-3-2-4-13-10/h9-10,12-13H,2-8H2,1H3/t9-,10?/m1/s1. The Kier molecular flexibility index (Phi) is 3.59. The molecule has 15 heavy (non-hydrogen) atoms. The van der Waals surface area contributed by atoms with Crippen molar-refractivity contribution in [3.8, 4) is 0 Å². The summed E-state index contributed by atoms with van der Waals surface area (Å²) in [4.78, 5) is 14.0. The Morgan fingerprint density at radius 1 is 1.47 bits per heavy atom. The molecule has 0 bridgehead atoms. The van der Waals surface area contributed by atoms with Crippen molar-refractivity contribution in [3.05, 3.63) is 0 Å². The molecule has 2 aliphatic rings. The smallest absolute Gasteiger partial charge is 0.224 e. The van der Waals surface area contributed by atoms with Crippen LogP contribution < -0.4 is 10.6 Å². The maximum atomic E-state index is 12.0. The van der Waals surface area contributed by atoms with E-state index in [0.717, 1.165) is 32.6 Å². The maximum Gasteiger partial charge on any atom is 0.224 e. The van der Waals surface area contributed by atoms with E-state index in [4.69, 9.17) is 0 Å². The zero-order valence-corrected chi connectivity index (χ0v) is 9.46. The zero-order valence-electron chi connectivity index (χ0n) is 9.46. The molecule has 4 nitrogen and oxygen atoms in total. The summed E-state index contributed by atoms with van der Waals surface area (Å²) in [6.07, 6.45) is 3.06. The molecule has 0 spiro atoms. The number of nitrogens with one attached hydrogen (secondary N) is 2. The molecule has 0 saturated carbocycles. The minimum absolute atomic E-state index is 0.323. The van der Waals surface area contributed by atoms with Crippen LogP contribution in [0.4, 0.5) is 0 Å². The molecule has 1 unspecified atom stereocenters. The van der Waals surface area contributed by atoms with Crippen molar-refractivity contribution in [3.63, 3.8) is 0 Å². The lowest BCUT2D eigenvalue weighted by Crippen LogP contribution is -2.53. The van der Waals surface area contributed by atoms with Crippen LogP contribution in [-0.2, 0) is 4.79 Å². The fourth-order valence-electron chi connectivity index (χ4n) is 2.47. The van der Waals surface area contributed by atoms with Crippen molar-refractivity contribution >= 4 is 5.91 Å². The van der Waals surface area contributed by atoms with Crippen LogP contribution in [0.15, 0.2) is 0 Å². The largest absolute Gasteiger partial charge is 0.337 e. The predicted octanol–water partition coefficient (Wildman–Crippen LogP) is -0.0512. The summed E-state index contributed by atoms with van der Waals surface area (Å²) in [6, 6.07) is 0.784. The van der Waals surface area contributed by atoms with E-state index in [9.17, 15) is 4.79 Å². The number of hydrogen-bond donors (Lipinski definition) is 2. The monoisotopic (exact) mass is 211 g/mol. The van der Waals surface area contributed by atoms with Crippen LogP contribution in [0.25, 0.3) is 0 Å². The molecule has 0 aliphatic carbocycles. The van der Waals surface area contributed by atoms with Gasteiger partial charge in [-0.2, -0.15) is 0 Å². The molecule has 0 aromatic heterocycles. The highest BCUT2D eigenvalue weighted by atomic mass is 16.2. The Labute approximate surface area is 91.4 Å². The molecule has 2 saturated heterocycles. The molecule has 0 radical (unpaired) electrons. The minimum atomic E-state index is 0.323. The van der Waals surface area contributed by atoms with E-state index in [2.05, 4.69) is 17.6 Å². The maximum absolute atomic E-state index is 12.0. The van der Waals surface area contributed by atoms with E-state index in [1.807, 2.05) is 4.90 Å². The van der Waals surface area contributed by atoms with Crippen LogP contribution in [0.3, 0.4) is 0 Å². The van der Waals surface area contributed by atoms with E-state index >= 15 is 0 Å². The second-order valence-corrected chi connectivity index (χ2v) is 4.64. The third-order valence-corrected chi connectivity index (χ3v) is 3.41.